The van der Waals surface area contributed by atoms with Crippen molar-refractivity contribution in [1.29, 1.82) is 0 Å². The summed E-state index contributed by atoms with van der Waals surface area (Å²) >= 11 is 1.06. The number of ether oxygens (including phenoxy) is 1. The Labute approximate surface area is 175 Å². The van der Waals surface area contributed by atoms with Crippen molar-refractivity contribution >= 4 is 40.3 Å². The van der Waals surface area contributed by atoms with Gasteiger partial charge in [-0.15, -0.1) is 0 Å². The van der Waals surface area contributed by atoms with Crippen LogP contribution in [0.5, 0.6) is 0 Å². The summed E-state index contributed by atoms with van der Waals surface area (Å²) in [5.74, 6) is 1.06. The third kappa shape index (κ3) is 13.1. The summed E-state index contributed by atoms with van der Waals surface area (Å²) in [7, 11) is 0. The molecule has 26 heavy (non-hydrogen) atoms. The van der Waals surface area contributed by atoms with E-state index in [9.17, 15) is 4.79 Å². The summed E-state index contributed by atoms with van der Waals surface area (Å²) in [6.07, 6.45) is 9.79. The molecular formula is C22H36O2STe. The van der Waals surface area contributed by atoms with E-state index in [-0.39, 0.29) is 14.9 Å². The monoisotopic (exact) mass is 494 g/mol. The second-order valence-electron chi connectivity index (χ2n) is 7.71. The van der Waals surface area contributed by atoms with E-state index in [4.69, 9.17) is 4.74 Å². The van der Waals surface area contributed by atoms with Crippen LogP contribution in [0.2, 0.25) is 0 Å². The third-order valence-electron chi connectivity index (χ3n) is 4.06. The van der Waals surface area contributed by atoms with Crippen LogP contribution in [0.3, 0.4) is 0 Å². The maximum atomic E-state index is 12.4. The van der Waals surface area contributed by atoms with Crippen LogP contribution >= 0.6 is 11.8 Å². The molecule has 0 radical (unpaired) electrons. The van der Waals surface area contributed by atoms with Gasteiger partial charge in [-0.25, -0.2) is 0 Å². The first-order valence-corrected chi connectivity index (χ1v) is 13.3. The predicted molar refractivity (Wildman–Crippen MR) is 117 cm³/mol. The zero-order valence-electron chi connectivity index (χ0n) is 17.0. The fourth-order valence-corrected chi connectivity index (χ4v) is 5.56. The van der Waals surface area contributed by atoms with Crippen molar-refractivity contribution in [3.8, 4) is 0 Å². The summed E-state index contributed by atoms with van der Waals surface area (Å²) in [5, 5.41) is 0. The summed E-state index contributed by atoms with van der Waals surface area (Å²) in [6.45, 7) is 8.98. The first kappa shape index (κ1) is 23.9. The van der Waals surface area contributed by atoms with Gasteiger partial charge in [-0.3, -0.25) is 0 Å². The third-order valence-corrected chi connectivity index (χ3v) is 7.57. The number of unbranched alkanes of at least 4 members (excludes halogenated alkanes) is 5. The normalized spacial score (nSPS) is 12.8. The van der Waals surface area contributed by atoms with Gasteiger partial charge in [0.15, 0.2) is 0 Å². The minimum atomic E-state index is -0.901. The number of benzene rings is 1. The fourth-order valence-electron chi connectivity index (χ4n) is 2.66. The summed E-state index contributed by atoms with van der Waals surface area (Å²) in [4.78, 5) is 12.4. The van der Waals surface area contributed by atoms with Crippen molar-refractivity contribution in [2.75, 3.05) is 5.75 Å². The summed E-state index contributed by atoms with van der Waals surface area (Å²) in [6, 6.07) is 10.1. The second kappa shape index (κ2) is 13.9. The Morgan fingerprint density at radius 3 is 2.35 bits per heavy atom. The Bertz CT molecular complexity index is 485. The van der Waals surface area contributed by atoms with Gasteiger partial charge < -0.3 is 0 Å². The number of hydrogen-bond donors (Lipinski definition) is 0. The van der Waals surface area contributed by atoms with E-state index in [0.717, 1.165) is 22.2 Å². The van der Waals surface area contributed by atoms with E-state index in [1.807, 2.05) is 42.1 Å². The van der Waals surface area contributed by atoms with Crippen LogP contribution in [-0.2, 0) is 4.74 Å². The van der Waals surface area contributed by atoms with Gasteiger partial charge in [0.1, 0.15) is 0 Å². The molecule has 0 bridgehead atoms. The van der Waals surface area contributed by atoms with Crippen molar-refractivity contribution in [3.05, 3.63) is 30.3 Å². The number of rotatable bonds is 13. The van der Waals surface area contributed by atoms with Crippen molar-refractivity contribution < 1.29 is 9.53 Å². The van der Waals surface area contributed by atoms with Gasteiger partial charge in [-0.05, 0) is 0 Å². The van der Waals surface area contributed by atoms with Crippen molar-refractivity contribution in [2.45, 2.75) is 89.9 Å². The van der Waals surface area contributed by atoms with Gasteiger partial charge in [0.05, 0.1) is 0 Å². The van der Waals surface area contributed by atoms with Gasteiger partial charge in [-0.2, -0.15) is 0 Å². The van der Waals surface area contributed by atoms with Crippen LogP contribution in [0.4, 0.5) is 4.79 Å². The van der Waals surface area contributed by atoms with Crippen LogP contribution in [0.15, 0.2) is 30.3 Å². The molecule has 0 fully saturated rings. The molecule has 0 aromatic heterocycles. The van der Waals surface area contributed by atoms with Crippen molar-refractivity contribution in [3.63, 3.8) is 0 Å². The SMILES string of the molecule is CCCCCCCCC(CCSC(C)(C)C)OC(=O)[Te]c1ccccc1. The van der Waals surface area contributed by atoms with E-state index < -0.39 is 20.9 Å². The molecule has 1 rings (SSSR count). The molecule has 2 nitrogen and oxygen atoms in total. The predicted octanol–water partition coefficient (Wildman–Crippen LogP) is 6.19. The average molecular weight is 492 g/mol. The topological polar surface area (TPSA) is 26.3 Å². The molecule has 0 heterocycles. The number of hydrogen-bond acceptors (Lipinski definition) is 3. The van der Waals surface area contributed by atoms with Crippen LogP contribution in [0.1, 0.15) is 79.1 Å². The zero-order chi connectivity index (χ0) is 19.3. The molecule has 148 valence electrons. The maximum absolute atomic E-state index is 12.4. The van der Waals surface area contributed by atoms with E-state index in [0.29, 0.717) is 0 Å². The first-order valence-electron chi connectivity index (χ1n) is 9.98. The molecule has 1 unspecified atom stereocenters. The second-order valence-corrected chi connectivity index (χ2v) is 12.5. The molecule has 0 spiro atoms. The molecule has 4 heteroatoms. The molecule has 1 aromatic rings. The number of carbonyl (C=O) groups excluding carboxylic acids is 1. The molecule has 0 aliphatic rings. The molecule has 1 atom stereocenters. The Morgan fingerprint density at radius 2 is 1.69 bits per heavy atom. The van der Waals surface area contributed by atoms with E-state index in [1.165, 1.54) is 38.5 Å². The van der Waals surface area contributed by atoms with E-state index in [2.05, 4.69) is 27.7 Å². The first-order chi connectivity index (χ1) is 12.4. The molecular weight excluding hydrogens is 456 g/mol. The van der Waals surface area contributed by atoms with Gasteiger partial charge in [-0.1, -0.05) is 0 Å². The Morgan fingerprint density at radius 1 is 1.04 bits per heavy atom. The van der Waals surface area contributed by atoms with Crippen LogP contribution in [-0.4, -0.2) is 41.5 Å². The number of thioether (sulfide) groups is 1. The summed E-state index contributed by atoms with van der Waals surface area (Å²) in [5.41, 5.74) is 0. The van der Waals surface area contributed by atoms with E-state index >= 15 is 0 Å². The van der Waals surface area contributed by atoms with E-state index in [1.54, 1.807) is 0 Å². The standard InChI is InChI=1S/C22H36O2STe/c1-5-6-7-8-9-11-14-19(17-18-25-22(2,3)4)24-21(23)26-20-15-12-10-13-16-20/h10,12-13,15-16,19H,5-9,11,14,17-18H2,1-4H3. The Kier molecular flexibility index (Phi) is 12.8. The molecule has 0 amide bonds. The van der Waals surface area contributed by atoms with Crippen LogP contribution in [0.25, 0.3) is 0 Å². The molecule has 0 aliphatic carbocycles. The van der Waals surface area contributed by atoms with Crippen molar-refractivity contribution in [1.82, 2.24) is 0 Å². The summed E-state index contributed by atoms with van der Waals surface area (Å²) < 4.78 is 7.37. The van der Waals surface area contributed by atoms with Crippen LogP contribution < -0.4 is 3.61 Å². The van der Waals surface area contributed by atoms with Gasteiger partial charge in [0, 0.05) is 0 Å². The van der Waals surface area contributed by atoms with Crippen LogP contribution in [0, 0.1) is 0 Å². The average Bonchev–Trinajstić information content (AvgIpc) is 2.57. The molecule has 0 saturated carbocycles. The molecule has 0 N–H and O–H groups in total. The van der Waals surface area contributed by atoms with Gasteiger partial charge in [0.25, 0.3) is 0 Å². The quantitative estimate of drug-likeness (QED) is 0.243. The van der Waals surface area contributed by atoms with Gasteiger partial charge in [0.2, 0.25) is 0 Å². The minimum absolute atomic E-state index is 0.0401. The van der Waals surface area contributed by atoms with Crippen molar-refractivity contribution in [2.24, 2.45) is 0 Å². The molecule has 1 aromatic carbocycles. The number of carbonyl (C=O) groups is 1. The molecule has 0 saturated heterocycles. The Hall–Kier alpha value is -0.170. The Balaban J connectivity index is 2.41. The fraction of sp³-hybridized carbons (Fsp3) is 0.682. The zero-order valence-corrected chi connectivity index (χ0v) is 20.1. The van der Waals surface area contributed by atoms with Gasteiger partial charge >= 0.3 is 176 Å². The molecule has 0 aliphatic heterocycles.